The number of halogens is 3. The predicted molar refractivity (Wildman–Crippen MR) is 129 cm³/mol. The van der Waals surface area contributed by atoms with Crippen LogP contribution >= 0.6 is 11.6 Å². The summed E-state index contributed by atoms with van der Waals surface area (Å²) < 4.78 is 93.4. The molecule has 0 unspecified atom stereocenters. The molecule has 4 rings (SSSR count). The number of nitrogen functional groups attached to an aromatic ring is 1. The first kappa shape index (κ1) is 26.2. The van der Waals surface area contributed by atoms with E-state index in [4.69, 9.17) is 17.3 Å². The first-order valence-electron chi connectivity index (χ1n) is 9.73. The van der Waals surface area contributed by atoms with Gasteiger partial charge in [0.2, 0.25) is 5.95 Å². The van der Waals surface area contributed by atoms with Gasteiger partial charge in [-0.2, -0.15) is 35.6 Å². The Morgan fingerprint density at radius 1 is 0.892 bits per heavy atom. The molecule has 0 bridgehead atoms. The molecule has 0 radical (unpaired) electrons. The van der Waals surface area contributed by atoms with E-state index in [0.717, 1.165) is 24.3 Å². The SMILES string of the molecule is Nc1ccc2c(S(=O)(=O)O)cccc2c1N=Nc1cc(Nc2nc(F)nc(F)c2Cl)ccc1S(=O)(=O)O. The van der Waals surface area contributed by atoms with Crippen molar-refractivity contribution in [3.05, 3.63) is 65.6 Å². The maximum Gasteiger partial charge on any atom is 0.313 e. The molecule has 0 aliphatic carbocycles. The Hall–Kier alpha value is -3.83. The van der Waals surface area contributed by atoms with E-state index in [9.17, 15) is 34.7 Å². The molecule has 0 saturated heterocycles. The fourth-order valence-electron chi connectivity index (χ4n) is 3.28. The van der Waals surface area contributed by atoms with Gasteiger partial charge in [0, 0.05) is 16.5 Å². The molecule has 1 aromatic heterocycles. The molecule has 0 atom stereocenters. The lowest BCUT2D eigenvalue weighted by atomic mass is 10.1. The van der Waals surface area contributed by atoms with Crippen molar-refractivity contribution in [2.45, 2.75) is 9.79 Å². The maximum absolute atomic E-state index is 13.6. The van der Waals surface area contributed by atoms with E-state index >= 15 is 0 Å². The summed E-state index contributed by atoms with van der Waals surface area (Å²) in [5, 5.41) is 9.82. The van der Waals surface area contributed by atoms with Crippen LogP contribution in [0.25, 0.3) is 10.8 Å². The fraction of sp³-hybridized carbons (Fsp3) is 0. The summed E-state index contributed by atoms with van der Waals surface area (Å²) in [4.78, 5) is 5.04. The van der Waals surface area contributed by atoms with Crippen molar-refractivity contribution in [3.63, 3.8) is 0 Å². The average molecular weight is 571 g/mol. The topological polar surface area (TPSA) is 197 Å². The summed E-state index contributed by atoms with van der Waals surface area (Å²) in [6, 6.07) is 9.66. The standard InChI is InChI=1S/C20H13ClF2N6O6S2/c21-16-18(22)26-20(23)27-19(16)25-9-4-7-15(37(33,34)35)13(8-9)28-29-17-11-2-1-3-14(36(30,31)32)10(11)5-6-12(17)24/h1-8H,24H2,(H,25,26,27)(H,30,31,32)(H,33,34,35). The van der Waals surface area contributed by atoms with Gasteiger partial charge in [0.1, 0.15) is 26.2 Å². The molecule has 0 aliphatic rings. The molecule has 17 heteroatoms. The van der Waals surface area contributed by atoms with Crippen LogP contribution in [0.3, 0.4) is 0 Å². The fourth-order valence-corrected chi connectivity index (χ4v) is 4.72. The lowest BCUT2D eigenvalue weighted by Gasteiger charge is -2.10. The predicted octanol–water partition coefficient (Wildman–Crippen LogP) is 4.80. The Labute approximate surface area is 212 Å². The summed E-state index contributed by atoms with van der Waals surface area (Å²) in [6.07, 6.45) is -1.42. The molecule has 0 saturated carbocycles. The largest absolute Gasteiger partial charge is 0.397 e. The zero-order valence-corrected chi connectivity index (χ0v) is 20.4. The Bertz CT molecular complexity index is 1820. The molecule has 12 nitrogen and oxygen atoms in total. The second-order valence-electron chi connectivity index (χ2n) is 7.26. The molecule has 1 heterocycles. The van der Waals surface area contributed by atoms with Crippen molar-refractivity contribution in [3.8, 4) is 0 Å². The van der Waals surface area contributed by atoms with Crippen LogP contribution in [0.5, 0.6) is 0 Å². The van der Waals surface area contributed by atoms with Crippen LogP contribution in [0, 0.1) is 12.0 Å². The quantitative estimate of drug-likeness (QED) is 0.0821. The van der Waals surface area contributed by atoms with Gasteiger partial charge in [-0.05, 0) is 30.3 Å². The molecular formula is C20H13ClF2N6O6S2. The molecule has 0 spiro atoms. The lowest BCUT2D eigenvalue weighted by molar-refractivity contribution is 0.481. The van der Waals surface area contributed by atoms with Gasteiger partial charge in [-0.25, -0.2) is 0 Å². The smallest absolute Gasteiger partial charge is 0.313 e. The van der Waals surface area contributed by atoms with Gasteiger partial charge in [-0.3, -0.25) is 9.11 Å². The van der Waals surface area contributed by atoms with Gasteiger partial charge < -0.3 is 11.1 Å². The third-order valence-electron chi connectivity index (χ3n) is 4.84. The van der Waals surface area contributed by atoms with Crippen LogP contribution in [-0.2, 0) is 20.2 Å². The van der Waals surface area contributed by atoms with Crippen LogP contribution in [0.4, 0.5) is 37.3 Å². The third-order valence-corrected chi connectivity index (χ3v) is 6.99. The minimum absolute atomic E-state index is 0.0136. The number of nitrogens with one attached hydrogen (secondary N) is 1. The van der Waals surface area contributed by atoms with E-state index in [1.807, 2.05) is 0 Å². The highest BCUT2D eigenvalue weighted by molar-refractivity contribution is 7.86. The first-order valence-corrected chi connectivity index (χ1v) is 13.0. The van der Waals surface area contributed by atoms with Crippen molar-refractivity contribution >= 4 is 71.2 Å². The Kier molecular flexibility index (Phi) is 6.78. The van der Waals surface area contributed by atoms with Crippen LogP contribution in [0.2, 0.25) is 5.02 Å². The minimum Gasteiger partial charge on any atom is -0.397 e. The van der Waals surface area contributed by atoms with E-state index < -0.39 is 58.6 Å². The summed E-state index contributed by atoms with van der Waals surface area (Å²) >= 11 is 5.74. The van der Waals surface area contributed by atoms with Crippen molar-refractivity contribution in [2.75, 3.05) is 11.1 Å². The summed E-state index contributed by atoms with van der Waals surface area (Å²) in [5.41, 5.74) is 5.45. The summed E-state index contributed by atoms with van der Waals surface area (Å²) in [5.74, 6) is -1.83. The van der Waals surface area contributed by atoms with Gasteiger partial charge >= 0.3 is 6.08 Å². The number of hydrogen-bond acceptors (Lipinski definition) is 10. The van der Waals surface area contributed by atoms with E-state index in [-0.39, 0.29) is 27.8 Å². The molecular weight excluding hydrogens is 558 g/mol. The average Bonchev–Trinajstić information content (AvgIpc) is 2.80. The third kappa shape index (κ3) is 5.47. The molecule has 3 aromatic carbocycles. The molecule has 4 aromatic rings. The zero-order valence-electron chi connectivity index (χ0n) is 18.0. The van der Waals surface area contributed by atoms with Gasteiger partial charge in [0.25, 0.3) is 20.2 Å². The van der Waals surface area contributed by atoms with Gasteiger partial charge in [-0.1, -0.05) is 29.8 Å². The van der Waals surface area contributed by atoms with E-state index in [2.05, 4.69) is 25.5 Å². The highest BCUT2D eigenvalue weighted by atomic mass is 35.5. The number of rotatable bonds is 6. The number of hydrogen-bond donors (Lipinski definition) is 4. The number of fused-ring (bicyclic) bond motifs is 1. The monoisotopic (exact) mass is 570 g/mol. The highest BCUT2D eigenvalue weighted by Gasteiger charge is 2.20. The van der Waals surface area contributed by atoms with Crippen LogP contribution < -0.4 is 11.1 Å². The van der Waals surface area contributed by atoms with Gasteiger partial charge in [-0.15, -0.1) is 10.2 Å². The number of aromatic nitrogens is 2. The first-order chi connectivity index (χ1) is 17.3. The molecule has 0 fully saturated rings. The number of azo groups is 1. The Balaban J connectivity index is 1.85. The normalized spacial score (nSPS) is 12.4. The second-order valence-corrected chi connectivity index (χ2v) is 10.4. The Morgan fingerprint density at radius 2 is 1.59 bits per heavy atom. The lowest BCUT2D eigenvalue weighted by Crippen LogP contribution is -2.03. The zero-order chi connectivity index (χ0) is 27.1. The van der Waals surface area contributed by atoms with E-state index in [0.29, 0.717) is 0 Å². The molecule has 0 aliphatic heterocycles. The van der Waals surface area contributed by atoms with Gasteiger partial charge in [0.15, 0.2) is 5.82 Å². The molecule has 37 heavy (non-hydrogen) atoms. The van der Waals surface area contributed by atoms with E-state index in [1.54, 1.807) is 0 Å². The summed E-state index contributed by atoms with van der Waals surface area (Å²) in [7, 11) is -9.43. The second kappa shape index (κ2) is 9.56. The summed E-state index contributed by atoms with van der Waals surface area (Å²) in [6.45, 7) is 0. The molecule has 192 valence electrons. The molecule has 0 amide bonds. The van der Waals surface area contributed by atoms with Crippen LogP contribution in [0.15, 0.2) is 68.6 Å². The van der Waals surface area contributed by atoms with Crippen molar-refractivity contribution in [2.24, 2.45) is 10.2 Å². The van der Waals surface area contributed by atoms with E-state index in [1.165, 1.54) is 24.3 Å². The Morgan fingerprint density at radius 3 is 2.27 bits per heavy atom. The number of nitrogens with two attached hydrogens (primary N) is 1. The van der Waals surface area contributed by atoms with Gasteiger partial charge in [0.05, 0.1) is 5.69 Å². The van der Waals surface area contributed by atoms with Crippen LogP contribution in [-0.4, -0.2) is 35.9 Å². The minimum atomic E-state index is -4.82. The number of anilines is 3. The number of nitrogens with zero attached hydrogens (tertiary/aromatic N) is 4. The van der Waals surface area contributed by atoms with Crippen molar-refractivity contribution in [1.29, 1.82) is 0 Å². The van der Waals surface area contributed by atoms with Crippen molar-refractivity contribution in [1.82, 2.24) is 9.97 Å². The van der Waals surface area contributed by atoms with Crippen molar-refractivity contribution < 1.29 is 34.7 Å². The highest BCUT2D eigenvalue weighted by Crippen LogP contribution is 2.38. The van der Waals surface area contributed by atoms with Crippen LogP contribution in [0.1, 0.15) is 0 Å². The molecule has 5 N–H and O–H groups in total. The number of benzene rings is 3. The maximum atomic E-state index is 13.6.